The van der Waals surface area contributed by atoms with Gasteiger partial charge in [-0.15, -0.1) is 0 Å². The lowest BCUT2D eigenvalue weighted by atomic mass is 10.2. The minimum absolute atomic E-state index is 0.176. The molecule has 0 atom stereocenters. The molecule has 0 bridgehead atoms. The van der Waals surface area contributed by atoms with Crippen LogP contribution in [0.1, 0.15) is 28.8 Å². The second-order valence-corrected chi connectivity index (χ2v) is 4.21. The van der Waals surface area contributed by atoms with Gasteiger partial charge in [-0.05, 0) is 32.0 Å². The largest absolute Gasteiger partial charge is 0.370 e. The standard InChI is InChI=1S/C14H17N5O/c1-3-15-13-12(5-4-7-17-13)14(20)18-9-11-6-8-16-10(2)19-11/h4-8H,3,9H2,1-2H3,(H,15,17)(H,18,20). The highest BCUT2D eigenvalue weighted by Gasteiger charge is 2.11. The van der Waals surface area contributed by atoms with Crippen LogP contribution >= 0.6 is 0 Å². The topological polar surface area (TPSA) is 79.8 Å². The van der Waals surface area contributed by atoms with Crippen molar-refractivity contribution < 1.29 is 4.79 Å². The summed E-state index contributed by atoms with van der Waals surface area (Å²) in [7, 11) is 0. The molecule has 0 fully saturated rings. The first kappa shape index (κ1) is 13.9. The summed E-state index contributed by atoms with van der Waals surface area (Å²) >= 11 is 0. The van der Waals surface area contributed by atoms with Gasteiger partial charge in [0.25, 0.3) is 5.91 Å². The van der Waals surface area contributed by atoms with E-state index in [1.807, 2.05) is 13.8 Å². The Labute approximate surface area is 117 Å². The third-order valence-electron chi connectivity index (χ3n) is 2.66. The Kier molecular flexibility index (Phi) is 4.60. The lowest BCUT2D eigenvalue weighted by molar-refractivity contribution is 0.0951. The average molecular weight is 271 g/mol. The van der Waals surface area contributed by atoms with E-state index in [1.165, 1.54) is 0 Å². The number of nitrogens with one attached hydrogen (secondary N) is 2. The van der Waals surface area contributed by atoms with Crippen molar-refractivity contribution in [3.63, 3.8) is 0 Å². The Morgan fingerprint density at radius 1 is 1.25 bits per heavy atom. The number of hydrogen-bond acceptors (Lipinski definition) is 5. The van der Waals surface area contributed by atoms with Gasteiger partial charge in [0.05, 0.1) is 17.8 Å². The highest BCUT2D eigenvalue weighted by atomic mass is 16.1. The summed E-state index contributed by atoms with van der Waals surface area (Å²) in [6, 6.07) is 5.26. The van der Waals surface area contributed by atoms with Gasteiger partial charge >= 0.3 is 0 Å². The molecule has 0 spiro atoms. The van der Waals surface area contributed by atoms with Crippen LogP contribution in [0.3, 0.4) is 0 Å². The van der Waals surface area contributed by atoms with Gasteiger partial charge in [-0.1, -0.05) is 0 Å². The van der Waals surface area contributed by atoms with E-state index >= 15 is 0 Å². The Morgan fingerprint density at radius 3 is 2.85 bits per heavy atom. The van der Waals surface area contributed by atoms with E-state index in [0.29, 0.717) is 30.3 Å². The van der Waals surface area contributed by atoms with E-state index in [0.717, 1.165) is 5.69 Å². The predicted molar refractivity (Wildman–Crippen MR) is 76.3 cm³/mol. The van der Waals surface area contributed by atoms with Crippen LogP contribution < -0.4 is 10.6 Å². The van der Waals surface area contributed by atoms with Crippen LogP contribution in [0.15, 0.2) is 30.6 Å². The molecule has 0 saturated carbocycles. The van der Waals surface area contributed by atoms with E-state index in [-0.39, 0.29) is 5.91 Å². The molecule has 2 aromatic rings. The quantitative estimate of drug-likeness (QED) is 0.862. The third kappa shape index (κ3) is 3.50. The lowest BCUT2D eigenvalue weighted by Crippen LogP contribution is -2.25. The highest BCUT2D eigenvalue weighted by molar-refractivity contribution is 5.98. The molecule has 2 aromatic heterocycles. The van der Waals surface area contributed by atoms with Gasteiger partial charge in [0.2, 0.25) is 0 Å². The van der Waals surface area contributed by atoms with Gasteiger partial charge < -0.3 is 10.6 Å². The Balaban J connectivity index is 2.05. The van der Waals surface area contributed by atoms with Gasteiger partial charge in [-0.2, -0.15) is 0 Å². The zero-order chi connectivity index (χ0) is 14.4. The van der Waals surface area contributed by atoms with Crippen LogP contribution in [-0.2, 0) is 6.54 Å². The molecule has 0 aliphatic rings. The van der Waals surface area contributed by atoms with Crippen molar-refractivity contribution in [1.29, 1.82) is 0 Å². The van der Waals surface area contributed by atoms with Crippen molar-refractivity contribution in [2.45, 2.75) is 20.4 Å². The number of amides is 1. The second-order valence-electron chi connectivity index (χ2n) is 4.21. The predicted octanol–water partition coefficient (Wildman–Crippen LogP) is 1.54. The van der Waals surface area contributed by atoms with E-state index in [4.69, 9.17) is 0 Å². The number of rotatable bonds is 5. The normalized spacial score (nSPS) is 10.1. The maximum atomic E-state index is 12.2. The van der Waals surface area contributed by atoms with Crippen molar-refractivity contribution in [3.05, 3.63) is 47.7 Å². The summed E-state index contributed by atoms with van der Waals surface area (Å²) in [5.74, 6) is 1.10. The van der Waals surface area contributed by atoms with Gasteiger partial charge in [-0.25, -0.2) is 15.0 Å². The minimum Gasteiger partial charge on any atom is -0.370 e. The van der Waals surface area contributed by atoms with Crippen LogP contribution in [-0.4, -0.2) is 27.4 Å². The van der Waals surface area contributed by atoms with Crippen molar-refractivity contribution in [2.75, 3.05) is 11.9 Å². The third-order valence-corrected chi connectivity index (χ3v) is 2.66. The number of nitrogens with zero attached hydrogens (tertiary/aromatic N) is 3. The lowest BCUT2D eigenvalue weighted by Gasteiger charge is -2.09. The first-order valence-corrected chi connectivity index (χ1v) is 6.46. The zero-order valence-electron chi connectivity index (χ0n) is 11.6. The summed E-state index contributed by atoms with van der Waals surface area (Å²) in [5.41, 5.74) is 1.31. The van der Waals surface area contributed by atoms with Crippen LogP contribution in [0.2, 0.25) is 0 Å². The minimum atomic E-state index is -0.176. The number of aromatic nitrogens is 3. The SMILES string of the molecule is CCNc1ncccc1C(=O)NCc1ccnc(C)n1. The fourth-order valence-corrected chi connectivity index (χ4v) is 1.77. The molecule has 20 heavy (non-hydrogen) atoms. The molecule has 104 valence electrons. The van der Waals surface area contributed by atoms with Crippen molar-refractivity contribution in [3.8, 4) is 0 Å². The molecule has 0 aliphatic carbocycles. The molecule has 6 nitrogen and oxygen atoms in total. The summed E-state index contributed by atoms with van der Waals surface area (Å²) in [4.78, 5) is 24.6. The molecule has 0 saturated heterocycles. The number of anilines is 1. The molecule has 0 radical (unpaired) electrons. The average Bonchev–Trinajstić information content (AvgIpc) is 2.46. The Bertz CT molecular complexity index is 600. The van der Waals surface area contributed by atoms with Crippen molar-refractivity contribution >= 4 is 11.7 Å². The number of carbonyl (C=O) groups is 1. The van der Waals surface area contributed by atoms with Crippen molar-refractivity contribution in [1.82, 2.24) is 20.3 Å². The maximum absolute atomic E-state index is 12.2. The molecule has 2 heterocycles. The molecule has 2 N–H and O–H groups in total. The number of pyridine rings is 1. The second kappa shape index (κ2) is 6.60. The maximum Gasteiger partial charge on any atom is 0.255 e. The molecule has 0 unspecified atom stereocenters. The molecule has 0 aromatic carbocycles. The fraction of sp³-hybridized carbons (Fsp3) is 0.286. The van der Waals surface area contributed by atoms with Crippen LogP contribution in [0.25, 0.3) is 0 Å². The van der Waals surface area contributed by atoms with Gasteiger partial charge in [0.15, 0.2) is 0 Å². The molecular weight excluding hydrogens is 254 g/mol. The summed E-state index contributed by atoms with van der Waals surface area (Å²) in [6.07, 6.45) is 3.33. The Morgan fingerprint density at radius 2 is 2.10 bits per heavy atom. The molecule has 1 amide bonds. The van der Waals surface area contributed by atoms with Crippen LogP contribution in [0.4, 0.5) is 5.82 Å². The monoisotopic (exact) mass is 271 g/mol. The van der Waals surface area contributed by atoms with E-state index < -0.39 is 0 Å². The van der Waals surface area contributed by atoms with Gasteiger partial charge in [0, 0.05) is 18.9 Å². The highest BCUT2D eigenvalue weighted by Crippen LogP contribution is 2.11. The first-order valence-electron chi connectivity index (χ1n) is 6.46. The van der Waals surface area contributed by atoms with E-state index in [2.05, 4.69) is 25.6 Å². The smallest absolute Gasteiger partial charge is 0.255 e. The first-order chi connectivity index (χ1) is 9.70. The van der Waals surface area contributed by atoms with Crippen LogP contribution in [0.5, 0.6) is 0 Å². The number of hydrogen-bond donors (Lipinski definition) is 2. The molecule has 0 aliphatic heterocycles. The van der Waals surface area contributed by atoms with E-state index in [9.17, 15) is 4.79 Å². The molecular formula is C14H17N5O. The molecule has 6 heteroatoms. The number of carbonyl (C=O) groups excluding carboxylic acids is 1. The van der Waals surface area contributed by atoms with Crippen molar-refractivity contribution in [2.24, 2.45) is 0 Å². The van der Waals surface area contributed by atoms with Gasteiger partial charge in [0.1, 0.15) is 11.6 Å². The summed E-state index contributed by atoms with van der Waals surface area (Å²) in [5, 5.41) is 5.90. The molecule has 2 rings (SSSR count). The van der Waals surface area contributed by atoms with E-state index in [1.54, 1.807) is 30.6 Å². The summed E-state index contributed by atoms with van der Waals surface area (Å²) in [6.45, 7) is 4.85. The zero-order valence-corrected chi connectivity index (χ0v) is 11.6. The van der Waals surface area contributed by atoms with Crippen LogP contribution in [0, 0.1) is 6.92 Å². The summed E-state index contributed by atoms with van der Waals surface area (Å²) < 4.78 is 0. The van der Waals surface area contributed by atoms with Gasteiger partial charge in [-0.3, -0.25) is 4.79 Å². The number of aryl methyl sites for hydroxylation is 1. The fourth-order valence-electron chi connectivity index (χ4n) is 1.77. The Hall–Kier alpha value is -2.50.